The van der Waals surface area contributed by atoms with Gasteiger partial charge in [0.1, 0.15) is 5.75 Å². The van der Waals surface area contributed by atoms with Crippen LogP contribution in [-0.4, -0.2) is 63.6 Å². The second-order valence-electron chi connectivity index (χ2n) is 12.0. The van der Waals surface area contributed by atoms with Gasteiger partial charge in [0.05, 0.1) is 30.9 Å². The van der Waals surface area contributed by atoms with E-state index in [1.54, 1.807) is 31.4 Å². The Morgan fingerprint density at radius 2 is 1.21 bits per heavy atom. The van der Waals surface area contributed by atoms with Gasteiger partial charge >= 0.3 is 11.9 Å². The Balaban J connectivity index is 0.000000205. The maximum absolute atomic E-state index is 11.8. The van der Waals surface area contributed by atoms with Crippen LogP contribution in [-0.2, 0) is 13.5 Å². The van der Waals surface area contributed by atoms with Crippen LogP contribution in [0, 0.1) is 0 Å². The number of carbonyl (C=O) groups is 2. The quantitative estimate of drug-likeness (QED) is 0.129. The third kappa shape index (κ3) is 8.19. The topological polar surface area (TPSA) is 199 Å². The summed E-state index contributed by atoms with van der Waals surface area (Å²) in [5.41, 5.74) is 2.94. The number of carboxylic acid groups (broad SMARTS) is 2. The summed E-state index contributed by atoms with van der Waals surface area (Å²) < 4.78 is 9.78. The molecule has 0 unspecified atom stereocenters. The van der Waals surface area contributed by atoms with Crippen molar-refractivity contribution < 1.29 is 34.8 Å². The zero-order valence-electron chi connectivity index (χ0n) is 31.2. The molecule has 0 fully saturated rings. The van der Waals surface area contributed by atoms with E-state index in [4.69, 9.17) is 4.74 Å². The molecule has 0 atom stereocenters. The first-order valence-electron chi connectivity index (χ1n) is 17.4. The van der Waals surface area contributed by atoms with Gasteiger partial charge in [0.25, 0.3) is 10.9 Å². The van der Waals surface area contributed by atoms with E-state index in [-0.39, 0.29) is 0 Å². The smallest absolute Gasteiger partial charge is 0.360 e. The van der Waals surface area contributed by atoms with Gasteiger partial charge in [-0.1, -0.05) is 75.4 Å². The Morgan fingerprint density at radius 3 is 1.71 bits per heavy atom. The summed E-state index contributed by atoms with van der Waals surface area (Å²) in [5.74, 6) is -3.66. The number of ether oxygens (including phenoxy) is 1. The Labute approximate surface area is 320 Å². The van der Waals surface area contributed by atoms with Crippen LogP contribution in [0.3, 0.4) is 0 Å². The summed E-state index contributed by atoms with van der Waals surface area (Å²) in [7, 11) is 3.55. The molecule has 0 radical (unpaired) electrons. The van der Waals surface area contributed by atoms with Crippen molar-refractivity contribution in [3.05, 3.63) is 147 Å². The standard InChI is InChI=1S/C20H15N3O4.C20H18N2O5.C2H6/c1-22-9-8-12-6-7-13(10-16(12)22)14-4-2-3-5-15(14)23-11-17(24)19(25)18(21-23)20(26)27;1-3-12-8-13(10-14(9-12)27-2)15-6-4-5-7-16(15)22-11-17(23)19(24)18(21-22)20(25)26;1-2/h2-11,24H,1H3,(H,26,27);4-11,23H,3H2,1-2H3,(H,25,26);1-2H3. The number of benzene rings is 4. The highest BCUT2D eigenvalue weighted by molar-refractivity contribution is 5.88. The second kappa shape index (κ2) is 17.1. The predicted molar refractivity (Wildman–Crippen MR) is 212 cm³/mol. The number of aromatic nitrogens is 5. The van der Waals surface area contributed by atoms with Crippen LogP contribution >= 0.6 is 0 Å². The van der Waals surface area contributed by atoms with E-state index in [1.807, 2.05) is 105 Å². The molecule has 0 saturated heterocycles. The SMILES string of the molecule is CC.CCc1cc(OC)cc(-c2ccccc2-n2cc(O)c(=O)c(C(=O)O)n2)c1.Cn1ccc2ccc(-c3ccccc3-n3cc(O)c(=O)c(C(=O)O)n3)cc21. The number of hydrogen-bond acceptors (Lipinski definition) is 9. The number of aromatic hydroxyl groups is 2. The molecule has 3 aromatic heterocycles. The number of aryl methyl sites for hydroxylation is 2. The first-order chi connectivity index (χ1) is 26.9. The zero-order chi connectivity index (χ0) is 40.7. The van der Waals surface area contributed by atoms with Crippen molar-refractivity contribution in [1.29, 1.82) is 0 Å². The lowest BCUT2D eigenvalue weighted by atomic mass is 10.00. The van der Waals surface area contributed by atoms with Gasteiger partial charge in [0, 0.05) is 29.9 Å². The Bertz CT molecular complexity index is 2670. The Hall–Kier alpha value is -7.48. The fourth-order valence-electron chi connectivity index (χ4n) is 5.89. The molecule has 0 spiro atoms. The zero-order valence-corrected chi connectivity index (χ0v) is 31.2. The van der Waals surface area contributed by atoms with Crippen molar-refractivity contribution in [2.24, 2.45) is 7.05 Å². The fraction of sp³-hybridized carbons (Fsp3) is 0.143. The molecule has 7 aromatic rings. The number of nitrogens with zero attached hydrogens (tertiary/aromatic N) is 5. The van der Waals surface area contributed by atoms with Gasteiger partial charge in [-0.25, -0.2) is 19.0 Å². The third-order valence-electron chi connectivity index (χ3n) is 8.63. The molecule has 286 valence electrons. The van der Waals surface area contributed by atoms with Gasteiger partial charge in [-0.3, -0.25) is 9.59 Å². The number of para-hydroxylation sites is 2. The van der Waals surface area contributed by atoms with E-state index >= 15 is 0 Å². The van der Waals surface area contributed by atoms with Gasteiger partial charge in [-0.15, -0.1) is 0 Å². The third-order valence-corrected chi connectivity index (χ3v) is 8.63. The predicted octanol–water partition coefficient (Wildman–Crippen LogP) is 6.70. The Morgan fingerprint density at radius 1 is 0.696 bits per heavy atom. The van der Waals surface area contributed by atoms with Crippen molar-refractivity contribution >= 4 is 22.8 Å². The lowest BCUT2D eigenvalue weighted by molar-refractivity contribution is 0.0675. The molecule has 3 heterocycles. The van der Waals surface area contributed by atoms with Crippen molar-refractivity contribution in [2.75, 3.05) is 7.11 Å². The van der Waals surface area contributed by atoms with E-state index in [2.05, 4.69) is 10.2 Å². The molecule has 0 aliphatic heterocycles. The van der Waals surface area contributed by atoms with Gasteiger partial charge in [-0.2, -0.15) is 10.2 Å². The highest BCUT2D eigenvalue weighted by Crippen LogP contribution is 2.32. The van der Waals surface area contributed by atoms with Crippen LogP contribution in [0.2, 0.25) is 0 Å². The van der Waals surface area contributed by atoms with Gasteiger partial charge < -0.3 is 29.7 Å². The van der Waals surface area contributed by atoms with E-state index < -0.39 is 45.7 Å². The molecule has 4 aromatic carbocycles. The van der Waals surface area contributed by atoms with E-state index in [9.17, 15) is 39.6 Å². The average molecular weight is 758 g/mol. The summed E-state index contributed by atoms with van der Waals surface area (Å²) >= 11 is 0. The molecule has 14 heteroatoms. The van der Waals surface area contributed by atoms with E-state index in [0.29, 0.717) is 17.1 Å². The van der Waals surface area contributed by atoms with E-state index in [0.717, 1.165) is 57.5 Å². The number of carboxylic acids is 2. The molecular weight excluding hydrogens is 718 g/mol. The average Bonchev–Trinajstić information content (AvgIpc) is 3.59. The van der Waals surface area contributed by atoms with Crippen LogP contribution in [0.15, 0.2) is 119 Å². The summed E-state index contributed by atoms with van der Waals surface area (Å²) in [6.45, 7) is 6.03. The van der Waals surface area contributed by atoms with Crippen LogP contribution in [0.4, 0.5) is 0 Å². The first kappa shape index (κ1) is 39.7. The number of rotatable bonds is 8. The number of fused-ring (bicyclic) bond motifs is 1. The van der Waals surface area contributed by atoms with Crippen LogP contribution in [0.1, 0.15) is 47.3 Å². The van der Waals surface area contributed by atoms with Crippen LogP contribution in [0.25, 0.3) is 44.5 Å². The highest BCUT2D eigenvalue weighted by atomic mass is 16.5. The molecule has 0 aliphatic carbocycles. The van der Waals surface area contributed by atoms with Crippen molar-refractivity contribution in [1.82, 2.24) is 24.1 Å². The molecular formula is C42H39N5O9. The number of hydrogen-bond donors (Lipinski definition) is 4. The lowest BCUT2D eigenvalue weighted by Gasteiger charge is -2.14. The fourth-order valence-corrected chi connectivity index (χ4v) is 5.89. The van der Waals surface area contributed by atoms with Crippen molar-refractivity contribution in [3.63, 3.8) is 0 Å². The van der Waals surface area contributed by atoms with Crippen LogP contribution < -0.4 is 15.6 Å². The van der Waals surface area contributed by atoms with Gasteiger partial charge in [0.15, 0.2) is 11.5 Å². The van der Waals surface area contributed by atoms with Gasteiger partial charge in [-0.05, 0) is 64.9 Å². The lowest BCUT2D eigenvalue weighted by Crippen LogP contribution is -2.21. The van der Waals surface area contributed by atoms with Gasteiger partial charge in [0.2, 0.25) is 11.4 Å². The largest absolute Gasteiger partial charge is 0.503 e. The minimum Gasteiger partial charge on any atom is -0.503 e. The summed E-state index contributed by atoms with van der Waals surface area (Å²) in [6, 6.07) is 28.2. The molecule has 4 N–H and O–H groups in total. The molecule has 0 saturated carbocycles. The Kier molecular flexibility index (Phi) is 12.1. The van der Waals surface area contributed by atoms with Crippen molar-refractivity contribution in [3.8, 4) is 50.9 Å². The minimum atomic E-state index is -1.50. The second-order valence-corrected chi connectivity index (χ2v) is 12.0. The number of aromatic carboxylic acids is 2. The molecule has 0 aliphatic rings. The summed E-state index contributed by atoms with van der Waals surface area (Å²) in [6.07, 6.45) is 5.01. The van der Waals surface area contributed by atoms with E-state index in [1.165, 1.54) is 9.36 Å². The normalized spacial score (nSPS) is 10.5. The first-order valence-corrected chi connectivity index (χ1v) is 17.4. The molecule has 56 heavy (non-hydrogen) atoms. The maximum Gasteiger partial charge on any atom is 0.360 e. The number of methoxy groups -OCH3 is 1. The molecule has 0 bridgehead atoms. The monoisotopic (exact) mass is 757 g/mol. The maximum atomic E-state index is 11.8. The molecule has 0 amide bonds. The summed E-state index contributed by atoms with van der Waals surface area (Å²) in [4.78, 5) is 46.1. The molecule has 7 rings (SSSR count). The highest BCUT2D eigenvalue weighted by Gasteiger charge is 2.19. The van der Waals surface area contributed by atoms with Crippen molar-refractivity contribution in [2.45, 2.75) is 27.2 Å². The molecule has 14 nitrogen and oxygen atoms in total. The summed E-state index contributed by atoms with van der Waals surface area (Å²) in [5, 5.41) is 47.0. The van der Waals surface area contributed by atoms with Crippen LogP contribution in [0.5, 0.6) is 17.2 Å². The minimum absolute atomic E-state index is 0.519.